The third-order valence-electron chi connectivity index (χ3n) is 2.67. The van der Waals surface area contributed by atoms with E-state index in [9.17, 15) is 4.39 Å². The average Bonchev–Trinajstić information content (AvgIpc) is 2.80. The van der Waals surface area contributed by atoms with Crippen LogP contribution in [0.2, 0.25) is 0 Å². The molecule has 0 spiro atoms. The van der Waals surface area contributed by atoms with E-state index in [1.165, 1.54) is 28.4 Å². The summed E-state index contributed by atoms with van der Waals surface area (Å²) < 4.78 is 14.1. The van der Waals surface area contributed by atoms with Gasteiger partial charge in [-0.15, -0.1) is 11.8 Å². The number of rotatable bonds is 3. The van der Waals surface area contributed by atoms with E-state index in [0.29, 0.717) is 5.52 Å². The maximum atomic E-state index is 13.1. The number of thioether (sulfide) groups is 1. The van der Waals surface area contributed by atoms with Gasteiger partial charge < -0.3 is 5.32 Å². The molecular formula is C14H11FN2S2. The molecule has 0 bridgehead atoms. The first-order valence-electron chi connectivity index (χ1n) is 5.72. The molecule has 0 unspecified atom stereocenters. The van der Waals surface area contributed by atoms with Crippen LogP contribution in [0.5, 0.6) is 0 Å². The number of halogens is 1. The number of hydrogen-bond donors (Lipinski definition) is 1. The number of aromatic nitrogens is 1. The van der Waals surface area contributed by atoms with E-state index in [0.717, 1.165) is 15.5 Å². The van der Waals surface area contributed by atoms with E-state index in [-0.39, 0.29) is 5.82 Å². The van der Waals surface area contributed by atoms with Crippen molar-refractivity contribution in [1.82, 2.24) is 4.98 Å². The second-order valence-corrected chi connectivity index (χ2v) is 5.90. The van der Waals surface area contributed by atoms with E-state index in [4.69, 9.17) is 0 Å². The molecule has 0 saturated heterocycles. The highest BCUT2D eigenvalue weighted by atomic mass is 32.2. The molecule has 0 fully saturated rings. The standard InChI is InChI=1S/C14H11FN2S2/c1-18-11-4-2-3-10(8-11)16-14-17-12-7-9(15)5-6-13(12)19-14/h2-8H,1H3,(H,16,17). The van der Waals surface area contributed by atoms with Crippen LogP contribution < -0.4 is 5.32 Å². The fourth-order valence-electron chi connectivity index (χ4n) is 1.78. The summed E-state index contributed by atoms with van der Waals surface area (Å²) in [6.45, 7) is 0. The van der Waals surface area contributed by atoms with E-state index < -0.39 is 0 Å². The number of anilines is 2. The zero-order valence-electron chi connectivity index (χ0n) is 10.2. The maximum Gasteiger partial charge on any atom is 0.188 e. The first kappa shape index (κ1) is 12.4. The highest BCUT2D eigenvalue weighted by Crippen LogP contribution is 2.29. The number of hydrogen-bond acceptors (Lipinski definition) is 4. The molecule has 3 aromatic rings. The molecule has 96 valence electrons. The molecule has 0 radical (unpaired) electrons. The van der Waals surface area contributed by atoms with Crippen LogP contribution in [0.4, 0.5) is 15.2 Å². The Hall–Kier alpha value is -1.59. The van der Waals surface area contributed by atoms with Crippen molar-refractivity contribution in [3.8, 4) is 0 Å². The Morgan fingerprint density at radius 1 is 1.21 bits per heavy atom. The molecule has 5 heteroatoms. The first-order chi connectivity index (χ1) is 9.24. The van der Waals surface area contributed by atoms with Gasteiger partial charge in [0.05, 0.1) is 10.2 Å². The molecule has 19 heavy (non-hydrogen) atoms. The molecule has 1 aromatic heterocycles. The summed E-state index contributed by atoms with van der Waals surface area (Å²) in [5.41, 5.74) is 1.68. The Kier molecular flexibility index (Phi) is 3.40. The fourth-order valence-corrected chi connectivity index (χ4v) is 3.10. The van der Waals surface area contributed by atoms with Gasteiger partial charge in [-0.25, -0.2) is 9.37 Å². The van der Waals surface area contributed by atoms with Crippen molar-refractivity contribution >= 4 is 44.1 Å². The third-order valence-corrected chi connectivity index (χ3v) is 4.35. The highest BCUT2D eigenvalue weighted by Gasteiger charge is 2.05. The summed E-state index contributed by atoms with van der Waals surface area (Å²) in [6.07, 6.45) is 2.04. The van der Waals surface area contributed by atoms with E-state index in [1.54, 1.807) is 17.8 Å². The predicted octanol–water partition coefficient (Wildman–Crippen LogP) is 4.90. The Morgan fingerprint density at radius 2 is 2.11 bits per heavy atom. The largest absolute Gasteiger partial charge is 0.331 e. The highest BCUT2D eigenvalue weighted by molar-refractivity contribution is 7.98. The van der Waals surface area contributed by atoms with Gasteiger partial charge >= 0.3 is 0 Å². The lowest BCUT2D eigenvalue weighted by atomic mass is 10.3. The normalized spacial score (nSPS) is 10.8. The van der Waals surface area contributed by atoms with Crippen molar-refractivity contribution in [2.24, 2.45) is 0 Å². The lowest BCUT2D eigenvalue weighted by Gasteiger charge is -2.03. The number of nitrogens with one attached hydrogen (secondary N) is 1. The molecule has 3 rings (SSSR count). The molecule has 0 aliphatic heterocycles. The lowest BCUT2D eigenvalue weighted by molar-refractivity contribution is 0.629. The minimum absolute atomic E-state index is 0.256. The molecule has 2 aromatic carbocycles. The van der Waals surface area contributed by atoms with Crippen molar-refractivity contribution in [2.75, 3.05) is 11.6 Å². The number of benzene rings is 2. The van der Waals surface area contributed by atoms with Crippen LogP contribution in [0.15, 0.2) is 47.4 Å². The van der Waals surface area contributed by atoms with Crippen LogP contribution in [-0.4, -0.2) is 11.2 Å². The van der Waals surface area contributed by atoms with Gasteiger partial charge in [-0.1, -0.05) is 17.4 Å². The zero-order chi connectivity index (χ0) is 13.2. The second kappa shape index (κ2) is 5.19. The van der Waals surface area contributed by atoms with Crippen LogP contribution >= 0.6 is 23.1 Å². The zero-order valence-corrected chi connectivity index (χ0v) is 11.8. The van der Waals surface area contributed by atoms with Crippen molar-refractivity contribution in [1.29, 1.82) is 0 Å². The Morgan fingerprint density at radius 3 is 2.95 bits per heavy atom. The quantitative estimate of drug-likeness (QED) is 0.694. The van der Waals surface area contributed by atoms with Crippen molar-refractivity contribution in [3.63, 3.8) is 0 Å². The smallest absolute Gasteiger partial charge is 0.188 e. The van der Waals surface area contributed by atoms with Crippen molar-refractivity contribution in [3.05, 3.63) is 48.3 Å². The van der Waals surface area contributed by atoms with E-state index in [1.807, 2.05) is 18.4 Å². The topological polar surface area (TPSA) is 24.9 Å². The molecule has 0 amide bonds. The molecular weight excluding hydrogens is 279 g/mol. The fraction of sp³-hybridized carbons (Fsp3) is 0.0714. The second-order valence-electron chi connectivity index (χ2n) is 3.99. The molecule has 0 aliphatic carbocycles. The van der Waals surface area contributed by atoms with Crippen LogP contribution in [-0.2, 0) is 0 Å². The van der Waals surface area contributed by atoms with Crippen LogP contribution in [0.3, 0.4) is 0 Å². The van der Waals surface area contributed by atoms with E-state index >= 15 is 0 Å². The van der Waals surface area contributed by atoms with Gasteiger partial charge in [0, 0.05) is 16.6 Å². The molecule has 1 N–H and O–H groups in total. The third kappa shape index (κ3) is 2.72. The van der Waals surface area contributed by atoms with Crippen molar-refractivity contribution < 1.29 is 4.39 Å². The Balaban J connectivity index is 1.92. The van der Waals surface area contributed by atoms with Crippen LogP contribution in [0.1, 0.15) is 0 Å². The Labute approximate surface area is 118 Å². The molecule has 0 saturated carbocycles. The summed E-state index contributed by atoms with van der Waals surface area (Å²) in [7, 11) is 0. The number of nitrogens with zero attached hydrogens (tertiary/aromatic N) is 1. The number of fused-ring (bicyclic) bond motifs is 1. The maximum absolute atomic E-state index is 13.1. The summed E-state index contributed by atoms with van der Waals surface area (Å²) in [5.74, 6) is -0.256. The monoisotopic (exact) mass is 290 g/mol. The van der Waals surface area contributed by atoms with Gasteiger partial charge in [0.2, 0.25) is 0 Å². The molecule has 2 nitrogen and oxygen atoms in total. The van der Waals surface area contributed by atoms with Gasteiger partial charge in [-0.05, 0) is 36.6 Å². The summed E-state index contributed by atoms with van der Waals surface area (Å²) in [5, 5.41) is 4.04. The summed E-state index contributed by atoms with van der Waals surface area (Å²) in [4.78, 5) is 5.58. The summed E-state index contributed by atoms with van der Waals surface area (Å²) >= 11 is 3.21. The first-order valence-corrected chi connectivity index (χ1v) is 7.76. The number of thiazole rings is 1. The van der Waals surface area contributed by atoms with Gasteiger partial charge in [-0.3, -0.25) is 0 Å². The summed E-state index contributed by atoms with van der Waals surface area (Å²) in [6, 6.07) is 12.8. The average molecular weight is 290 g/mol. The van der Waals surface area contributed by atoms with Crippen molar-refractivity contribution in [2.45, 2.75) is 4.90 Å². The van der Waals surface area contributed by atoms with Gasteiger partial charge in [0.25, 0.3) is 0 Å². The Bertz CT molecular complexity index is 724. The van der Waals surface area contributed by atoms with E-state index in [2.05, 4.69) is 22.4 Å². The molecule has 0 atom stereocenters. The molecule has 1 heterocycles. The lowest BCUT2D eigenvalue weighted by Crippen LogP contribution is -1.88. The molecule has 0 aliphatic rings. The van der Waals surface area contributed by atoms with Gasteiger partial charge in [-0.2, -0.15) is 0 Å². The SMILES string of the molecule is CSc1cccc(Nc2nc3cc(F)ccc3s2)c1. The van der Waals surface area contributed by atoms with Gasteiger partial charge in [0.1, 0.15) is 5.82 Å². The van der Waals surface area contributed by atoms with Crippen LogP contribution in [0, 0.1) is 5.82 Å². The van der Waals surface area contributed by atoms with Crippen LogP contribution in [0.25, 0.3) is 10.2 Å². The predicted molar refractivity (Wildman–Crippen MR) is 81.1 cm³/mol. The van der Waals surface area contributed by atoms with Gasteiger partial charge in [0.15, 0.2) is 5.13 Å². The minimum Gasteiger partial charge on any atom is -0.331 e. The minimum atomic E-state index is -0.256.